The molecule has 0 radical (unpaired) electrons. The number of oxime groups is 1. The van der Waals surface area contributed by atoms with Crippen LogP contribution in [0.5, 0.6) is 0 Å². The molecule has 0 fully saturated rings. The van der Waals surface area contributed by atoms with E-state index in [0.29, 0.717) is 17.0 Å². The largest absolute Gasteiger partial charge is 0.411 e. The quantitative estimate of drug-likeness (QED) is 0.451. The molecule has 0 saturated carbocycles. The molecule has 1 heterocycles. The molecule has 0 aliphatic rings. The first-order valence-corrected chi connectivity index (χ1v) is 5.90. The Labute approximate surface area is 114 Å². The van der Waals surface area contributed by atoms with Crippen molar-refractivity contribution in [3.8, 4) is 0 Å². The fraction of sp³-hybridized carbons (Fsp3) is 0.0714. The molecule has 0 atom stereocenters. The predicted octanol–water partition coefficient (Wildman–Crippen LogP) is 1.83. The first-order valence-electron chi connectivity index (χ1n) is 5.90. The molecular weight excluding hydrogens is 258 g/mol. The molecule has 3 N–H and O–H groups in total. The van der Waals surface area contributed by atoms with E-state index in [-0.39, 0.29) is 11.0 Å². The van der Waals surface area contributed by atoms with Gasteiger partial charge in [-0.2, -0.15) is 0 Å². The molecule has 0 unspecified atom stereocenters. The summed E-state index contributed by atoms with van der Waals surface area (Å²) in [5.41, 5.74) is 1.06. The first kappa shape index (κ1) is 13.5. The monoisotopic (exact) mass is 271 g/mol. The predicted molar refractivity (Wildman–Crippen MR) is 75.5 cm³/mol. The second-order valence-corrected chi connectivity index (χ2v) is 4.11. The number of carbonyl (C=O) groups excluding carboxylic acids is 1. The molecule has 0 saturated heterocycles. The zero-order valence-electron chi connectivity index (χ0n) is 10.8. The lowest BCUT2D eigenvalue weighted by Gasteiger charge is -2.09. The van der Waals surface area contributed by atoms with Crippen LogP contribution in [0.25, 0.3) is 0 Å². The van der Waals surface area contributed by atoms with Crippen LogP contribution in [-0.4, -0.2) is 21.8 Å². The molecule has 2 rings (SSSR count). The number of rotatable bonds is 3. The highest BCUT2D eigenvalue weighted by Crippen LogP contribution is 2.16. The smallest absolute Gasteiger partial charge is 0.261 e. The summed E-state index contributed by atoms with van der Waals surface area (Å²) in [5.74, 6) is -0.523. The number of nitrogens with zero attached hydrogens (tertiary/aromatic N) is 1. The van der Waals surface area contributed by atoms with Crippen molar-refractivity contribution in [3.05, 3.63) is 64.1 Å². The normalized spacial score (nSPS) is 11.2. The standard InChI is InChI=1S/C14H13N3O3/c1-9(17-20)10-4-2-3-5-12(10)16-14(19)11-8-15-7-6-13(11)18/h2-8,20H,1H3,(H,15,18)(H,16,19)/b17-9-. The highest BCUT2D eigenvalue weighted by atomic mass is 16.4. The van der Waals surface area contributed by atoms with Gasteiger partial charge >= 0.3 is 0 Å². The van der Waals surface area contributed by atoms with Gasteiger partial charge in [0.15, 0.2) is 5.43 Å². The summed E-state index contributed by atoms with van der Waals surface area (Å²) in [6.45, 7) is 1.61. The molecule has 2 aromatic rings. The third kappa shape index (κ3) is 2.74. The molecule has 0 spiro atoms. The van der Waals surface area contributed by atoms with E-state index in [4.69, 9.17) is 5.21 Å². The first-order chi connectivity index (χ1) is 9.63. The van der Waals surface area contributed by atoms with Crippen LogP contribution in [0.1, 0.15) is 22.8 Å². The average Bonchev–Trinajstić information content (AvgIpc) is 2.47. The van der Waals surface area contributed by atoms with E-state index >= 15 is 0 Å². The third-order valence-corrected chi connectivity index (χ3v) is 2.78. The van der Waals surface area contributed by atoms with Crippen molar-refractivity contribution in [1.29, 1.82) is 0 Å². The van der Waals surface area contributed by atoms with E-state index in [1.807, 2.05) is 0 Å². The molecule has 1 amide bonds. The van der Waals surface area contributed by atoms with Gasteiger partial charge in [0.25, 0.3) is 5.91 Å². The fourth-order valence-electron chi connectivity index (χ4n) is 1.74. The van der Waals surface area contributed by atoms with Crippen molar-refractivity contribution >= 4 is 17.3 Å². The maximum atomic E-state index is 12.1. The summed E-state index contributed by atoms with van der Waals surface area (Å²) < 4.78 is 0. The maximum absolute atomic E-state index is 12.1. The van der Waals surface area contributed by atoms with E-state index in [0.717, 1.165) is 0 Å². The van der Waals surface area contributed by atoms with Crippen LogP contribution in [0.4, 0.5) is 5.69 Å². The lowest BCUT2D eigenvalue weighted by Crippen LogP contribution is -2.21. The van der Waals surface area contributed by atoms with E-state index in [1.165, 1.54) is 18.5 Å². The van der Waals surface area contributed by atoms with Gasteiger partial charge in [-0.1, -0.05) is 23.4 Å². The van der Waals surface area contributed by atoms with Gasteiger partial charge in [0, 0.05) is 24.0 Å². The Bertz CT molecular complexity index is 719. The third-order valence-electron chi connectivity index (χ3n) is 2.78. The van der Waals surface area contributed by atoms with E-state index in [1.54, 1.807) is 31.2 Å². The molecular formula is C14H13N3O3. The van der Waals surface area contributed by atoms with Crippen molar-refractivity contribution in [2.75, 3.05) is 5.32 Å². The van der Waals surface area contributed by atoms with Gasteiger partial charge in [-0.3, -0.25) is 9.59 Å². The molecule has 6 heteroatoms. The molecule has 6 nitrogen and oxygen atoms in total. The van der Waals surface area contributed by atoms with Gasteiger partial charge in [-0.15, -0.1) is 0 Å². The van der Waals surface area contributed by atoms with Gasteiger partial charge in [-0.25, -0.2) is 0 Å². The van der Waals surface area contributed by atoms with Gasteiger partial charge < -0.3 is 15.5 Å². The summed E-state index contributed by atoms with van der Waals surface area (Å²) in [6, 6.07) is 8.15. The van der Waals surface area contributed by atoms with Crippen LogP contribution >= 0.6 is 0 Å². The molecule has 20 heavy (non-hydrogen) atoms. The summed E-state index contributed by atoms with van der Waals surface area (Å²) in [4.78, 5) is 26.3. The maximum Gasteiger partial charge on any atom is 0.261 e. The highest BCUT2D eigenvalue weighted by Gasteiger charge is 2.12. The molecule has 102 valence electrons. The SMILES string of the molecule is C/C(=N/O)c1ccccc1NC(=O)c1c[nH]ccc1=O. The van der Waals surface area contributed by atoms with E-state index in [2.05, 4.69) is 15.5 Å². The number of hydrogen-bond donors (Lipinski definition) is 3. The number of para-hydroxylation sites is 1. The van der Waals surface area contributed by atoms with Crippen molar-refractivity contribution in [1.82, 2.24) is 4.98 Å². The summed E-state index contributed by atoms with van der Waals surface area (Å²) in [7, 11) is 0. The van der Waals surface area contributed by atoms with Crippen molar-refractivity contribution in [3.63, 3.8) is 0 Å². The molecule has 1 aromatic heterocycles. The summed E-state index contributed by atoms with van der Waals surface area (Å²) >= 11 is 0. The van der Waals surface area contributed by atoms with Crippen LogP contribution < -0.4 is 10.7 Å². The topological polar surface area (TPSA) is 94.6 Å². The number of H-pyrrole nitrogens is 1. The minimum Gasteiger partial charge on any atom is -0.411 e. The van der Waals surface area contributed by atoms with Crippen molar-refractivity contribution in [2.45, 2.75) is 6.92 Å². The average molecular weight is 271 g/mol. The summed E-state index contributed by atoms with van der Waals surface area (Å²) in [6.07, 6.45) is 2.79. The highest BCUT2D eigenvalue weighted by molar-refractivity contribution is 6.10. The number of nitrogens with one attached hydrogen (secondary N) is 2. The van der Waals surface area contributed by atoms with E-state index < -0.39 is 5.91 Å². The van der Waals surface area contributed by atoms with E-state index in [9.17, 15) is 9.59 Å². The lowest BCUT2D eigenvalue weighted by molar-refractivity contribution is 0.102. The van der Waals surface area contributed by atoms with Crippen LogP contribution in [0.3, 0.4) is 0 Å². The Morgan fingerprint density at radius 3 is 2.70 bits per heavy atom. The number of aromatic amines is 1. The van der Waals surface area contributed by atoms with Crippen LogP contribution in [-0.2, 0) is 0 Å². The Morgan fingerprint density at radius 1 is 1.25 bits per heavy atom. The number of anilines is 1. The zero-order valence-corrected chi connectivity index (χ0v) is 10.8. The lowest BCUT2D eigenvalue weighted by atomic mass is 10.1. The van der Waals surface area contributed by atoms with Crippen molar-refractivity contribution in [2.24, 2.45) is 5.16 Å². The van der Waals surface area contributed by atoms with Crippen molar-refractivity contribution < 1.29 is 10.0 Å². The number of amides is 1. The van der Waals surface area contributed by atoms with Crippen LogP contribution in [0, 0.1) is 0 Å². The minimum atomic E-state index is -0.523. The number of hydrogen-bond acceptors (Lipinski definition) is 4. The Morgan fingerprint density at radius 2 is 2.00 bits per heavy atom. The molecule has 0 aliphatic carbocycles. The number of carbonyl (C=O) groups is 1. The Kier molecular flexibility index (Phi) is 3.95. The second kappa shape index (κ2) is 5.83. The Balaban J connectivity index is 2.34. The van der Waals surface area contributed by atoms with Crippen LogP contribution in [0.2, 0.25) is 0 Å². The molecule has 0 aliphatic heterocycles. The molecule has 1 aromatic carbocycles. The second-order valence-electron chi connectivity index (χ2n) is 4.11. The van der Waals surface area contributed by atoms with Crippen LogP contribution in [0.15, 0.2) is 52.7 Å². The Hall–Kier alpha value is -2.89. The number of benzene rings is 1. The van der Waals surface area contributed by atoms with Gasteiger partial charge in [0.05, 0.1) is 11.4 Å². The summed E-state index contributed by atoms with van der Waals surface area (Å²) in [5, 5.41) is 14.6. The zero-order chi connectivity index (χ0) is 14.5. The number of aromatic nitrogens is 1. The number of pyridine rings is 1. The van der Waals surface area contributed by atoms with Gasteiger partial charge in [0.1, 0.15) is 5.56 Å². The molecule has 0 bridgehead atoms. The van der Waals surface area contributed by atoms with Gasteiger partial charge in [0.2, 0.25) is 0 Å². The minimum absolute atomic E-state index is 0.0147. The fourth-order valence-corrected chi connectivity index (χ4v) is 1.74. The van der Waals surface area contributed by atoms with Gasteiger partial charge in [-0.05, 0) is 13.0 Å².